The third kappa shape index (κ3) is 21.7. The number of hydrogen-bond donors (Lipinski definition) is 1. The summed E-state index contributed by atoms with van der Waals surface area (Å²) >= 11 is 0. The number of rotatable bonds is 7. The molecule has 0 unspecified atom stereocenters. The first-order valence-corrected chi connectivity index (χ1v) is 6.29. The Labute approximate surface area is 118 Å². The molecule has 0 aromatic carbocycles. The van der Waals surface area contributed by atoms with E-state index in [1.54, 1.807) is 0 Å². The predicted molar refractivity (Wildman–Crippen MR) is 62.0 cm³/mol. The van der Waals surface area contributed by atoms with Crippen LogP contribution >= 0.6 is 0 Å². The van der Waals surface area contributed by atoms with E-state index < -0.39 is 12.3 Å². The lowest BCUT2D eigenvalue weighted by Gasteiger charge is -2.27. The molecule has 0 fully saturated rings. The van der Waals surface area contributed by atoms with Gasteiger partial charge >= 0.3 is 0 Å². The van der Waals surface area contributed by atoms with Gasteiger partial charge in [0.15, 0.2) is 0 Å². The Bertz CT molecular complexity index is 209. The number of carbonyl (C=O) groups is 2. The molecule has 0 aromatic rings. The fourth-order valence-corrected chi connectivity index (χ4v) is 1.48. The average Bonchev–Trinajstić information content (AvgIpc) is 2.34. The van der Waals surface area contributed by atoms with Gasteiger partial charge in [-0.1, -0.05) is 40.0 Å². The van der Waals surface area contributed by atoms with E-state index in [-0.39, 0.29) is 5.60 Å². The lowest BCUT2D eigenvalue weighted by molar-refractivity contribution is -0.417. The maximum atomic E-state index is 8.78. The van der Waals surface area contributed by atoms with Gasteiger partial charge in [0.25, 0.3) is 0 Å². The predicted octanol–water partition coefficient (Wildman–Crippen LogP) is -1.28. The highest BCUT2D eigenvalue weighted by Gasteiger charge is 2.26. The third-order valence-electron chi connectivity index (χ3n) is 2.72. The van der Waals surface area contributed by atoms with Crippen LogP contribution < -0.4 is 20.4 Å². The molecule has 0 aromatic heterocycles. The third-order valence-corrected chi connectivity index (χ3v) is 2.72. The molecular weight excluding hydrogens is 272 g/mol. The van der Waals surface area contributed by atoms with Gasteiger partial charge in [-0.15, -0.1) is 0 Å². The summed E-state index contributed by atoms with van der Waals surface area (Å²) in [6.45, 7) is 6.30. The molecule has 0 bridgehead atoms. The molecule has 0 heterocycles. The second-order valence-corrected chi connectivity index (χ2v) is 3.94. The van der Waals surface area contributed by atoms with Crippen molar-refractivity contribution in [2.45, 2.75) is 64.9 Å². The SMILES string of the molecule is CCCCCC(CC)(CC)OO.O=C([O-])[O-].O=C([O-])[O-]. The van der Waals surface area contributed by atoms with Crippen molar-refractivity contribution in [3.05, 3.63) is 0 Å². The van der Waals surface area contributed by atoms with E-state index in [1.165, 1.54) is 12.8 Å². The van der Waals surface area contributed by atoms with Crippen molar-refractivity contribution in [1.29, 1.82) is 0 Å². The Morgan fingerprint density at radius 1 is 0.950 bits per heavy atom. The zero-order valence-corrected chi connectivity index (χ0v) is 12.0. The Balaban J connectivity index is -0.000000297. The van der Waals surface area contributed by atoms with Crippen LogP contribution in [0.15, 0.2) is 0 Å². The molecular formula is C12H22O8-4. The van der Waals surface area contributed by atoms with Gasteiger partial charge < -0.3 is 30.0 Å². The maximum absolute atomic E-state index is 8.78. The molecule has 0 spiro atoms. The van der Waals surface area contributed by atoms with Gasteiger partial charge in [-0.3, -0.25) is 5.26 Å². The van der Waals surface area contributed by atoms with Gasteiger partial charge in [0, 0.05) is 0 Å². The first kappa shape index (κ1) is 23.5. The van der Waals surface area contributed by atoms with E-state index in [0.717, 1.165) is 25.7 Å². The topological polar surface area (TPSA) is 156 Å². The summed E-state index contributed by atoms with van der Waals surface area (Å²) in [4.78, 5) is 21.2. The summed E-state index contributed by atoms with van der Waals surface area (Å²) in [5.74, 6) is 0. The fourth-order valence-electron chi connectivity index (χ4n) is 1.48. The Hall–Kier alpha value is -1.54. The van der Waals surface area contributed by atoms with E-state index in [2.05, 4.69) is 25.7 Å². The highest BCUT2D eigenvalue weighted by molar-refractivity contribution is 5.47. The van der Waals surface area contributed by atoms with Crippen LogP contribution in [0.3, 0.4) is 0 Å². The minimum Gasteiger partial charge on any atom is -0.652 e. The number of unbranched alkanes of at least 4 members (excludes halogenated alkanes) is 2. The van der Waals surface area contributed by atoms with E-state index >= 15 is 0 Å². The smallest absolute Gasteiger partial charge is 0.103 e. The van der Waals surface area contributed by atoms with Gasteiger partial charge in [0.2, 0.25) is 0 Å². The lowest BCUT2D eigenvalue weighted by atomic mass is 9.91. The first-order chi connectivity index (χ1) is 9.21. The zero-order chi connectivity index (χ0) is 16.6. The van der Waals surface area contributed by atoms with Crippen LogP contribution in [0.25, 0.3) is 0 Å². The van der Waals surface area contributed by atoms with Crippen LogP contribution in [0.4, 0.5) is 9.59 Å². The molecule has 1 N–H and O–H groups in total. The fraction of sp³-hybridized carbons (Fsp3) is 0.833. The number of carbonyl (C=O) groups excluding carboxylic acids is 2. The molecule has 8 nitrogen and oxygen atoms in total. The Morgan fingerprint density at radius 2 is 1.30 bits per heavy atom. The van der Waals surface area contributed by atoms with Crippen LogP contribution in [0.5, 0.6) is 0 Å². The largest absolute Gasteiger partial charge is 0.652 e. The van der Waals surface area contributed by atoms with Crippen molar-refractivity contribution in [1.82, 2.24) is 0 Å². The molecule has 0 rings (SSSR count). The second kappa shape index (κ2) is 15.5. The lowest BCUT2D eigenvalue weighted by Crippen LogP contribution is -2.37. The van der Waals surface area contributed by atoms with Gasteiger partial charge in [-0.2, -0.15) is 0 Å². The van der Waals surface area contributed by atoms with E-state index in [1.807, 2.05) is 0 Å². The van der Waals surface area contributed by atoms with Gasteiger partial charge in [-0.05, 0) is 31.6 Å². The quantitative estimate of drug-likeness (QED) is 0.345. The molecule has 0 amide bonds. The summed E-state index contributed by atoms with van der Waals surface area (Å²) in [6, 6.07) is 0. The van der Waals surface area contributed by atoms with Crippen LogP contribution in [0.1, 0.15) is 59.3 Å². The molecule has 0 saturated heterocycles. The van der Waals surface area contributed by atoms with Crippen molar-refractivity contribution >= 4 is 12.3 Å². The monoisotopic (exact) mass is 294 g/mol. The summed E-state index contributed by atoms with van der Waals surface area (Å²) in [5, 5.41) is 42.1. The zero-order valence-electron chi connectivity index (χ0n) is 12.0. The second-order valence-electron chi connectivity index (χ2n) is 3.94. The molecule has 8 heteroatoms. The minimum absolute atomic E-state index is 0.269. The summed E-state index contributed by atoms with van der Waals surface area (Å²) in [7, 11) is 0. The molecule has 0 aliphatic carbocycles. The molecule has 122 valence electrons. The molecule has 0 aliphatic heterocycles. The van der Waals surface area contributed by atoms with Gasteiger partial charge in [-0.25, -0.2) is 4.89 Å². The summed E-state index contributed by atoms with van der Waals surface area (Å²) < 4.78 is 0. The number of hydrogen-bond acceptors (Lipinski definition) is 8. The van der Waals surface area contributed by atoms with E-state index in [9.17, 15) is 0 Å². The Kier molecular flexibility index (Phi) is 18.3. The number of carboxylic acid groups (broad SMARTS) is 4. The summed E-state index contributed by atoms with van der Waals surface area (Å²) in [5.41, 5.74) is -0.269. The van der Waals surface area contributed by atoms with Crippen LogP contribution in [0, 0.1) is 0 Å². The highest BCUT2D eigenvalue weighted by atomic mass is 17.1. The molecule has 0 radical (unpaired) electrons. The van der Waals surface area contributed by atoms with Crippen LogP contribution in [-0.4, -0.2) is 23.2 Å². The minimum atomic E-state index is -2.33. The van der Waals surface area contributed by atoms with Crippen molar-refractivity contribution < 1.29 is 40.2 Å². The van der Waals surface area contributed by atoms with Crippen LogP contribution in [-0.2, 0) is 4.89 Å². The molecule has 0 saturated carbocycles. The molecule has 0 atom stereocenters. The van der Waals surface area contributed by atoms with Gasteiger partial charge in [0.05, 0.1) is 0 Å². The van der Waals surface area contributed by atoms with Crippen LogP contribution in [0.2, 0.25) is 0 Å². The normalized spacial score (nSPS) is 9.60. The summed E-state index contributed by atoms with van der Waals surface area (Å²) in [6.07, 6.45) is 1.69. The van der Waals surface area contributed by atoms with Crippen molar-refractivity contribution in [2.24, 2.45) is 0 Å². The highest BCUT2D eigenvalue weighted by Crippen LogP contribution is 2.26. The van der Waals surface area contributed by atoms with Crippen molar-refractivity contribution in [2.75, 3.05) is 0 Å². The van der Waals surface area contributed by atoms with Gasteiger partial charge in [0.1, 0.15) is 5.60 Å². The Morgan fingerprint density at radius 3 is 1.50 bits per heavy atom. The average molecular weight is 294 g/mol. The maximum Gasteiger partial charge on any atom is 0.103 e. The molecule has 0 aliphatic rings. The van der Waals surface area contributed by atoms with E-state index in [4.69, 9.17) is 35.3 Å². The van der Waals surface area contributed by atoms with Crippen molar-refractivity contribution in [3.8, 4) is 0 Å². The van der Waals surface area contributed by atoms with Crippen molar-refractivity contribution in [3.63, 3.8) is 0 Å². The molecule has 20 heavy (non-hydrogen) atoms. The van der Waals surface area contributed by atoms with E-state index in [0.29, 0.717) is 0 Å². The standard InChI is InChI=1S/C10H22O2.2CH2O3/c1-4-7-8-9-10(5-2,6-3)12-11;2*2-1(3)4/h11H,4-9H2,1-3H3;2*(H2,2,3,4)/p-4. The first-order valence-electron chi connectivity index (χ1n) is 6.29.